The third-order valence-electron chi connectivity index (χ3n) is 4.32. The van der Waals surface area contributed by atoms with Crippen LogP contribution in [0.1, 0.15) is 25.7 Å². The normalized spacial score (nSPS) is 20.2. The highest BCUT2D eigenvalue weighted by atomic mass is 16.5. The summed E-state index contributed by atoms with van der Waals surface area (Å²) in [6.45, 7) is 4.78. The lowest BCUT2D eigenvalue weighted by molar-refractivity contribution is 0.139. The molecule has 0 aromatic carbocycles. The summed E-state index contributed by atoms with van der Waals surface area (Å²) in [5.41, 5.74) is 5.87. The SMILES string of the molecule is COCC1CCN(c2nc(N)nc(N3CCCC3)n2)CC1. The van der Waals surface area contributed by atoms with Crippen LogP contribution in [-0.4, -0.2) is 54.8 Å². The minimum absolute atomic E-state index is 0.320. The van der Waals surface area contributed by atoms with E-state index in [-0.39, 0.29) is 0 Å². The van der Waals surface area contributed by atoms with E-state index >= 15 is 0 Å². The lowest BCUT2D eigenvalue weighted by Gasteiger charge is -2.32. The molecule has 21 heavy (non-hydrogen) atoms. The number of anilines is 3. The van der Waals surface area contributed by atoms with Gasteiger partial charge in [-0.25, -0.2) is 0 Å². The first-order valence-electron chi connectivity index (χ1n) is 7.76. The summed E-state index contributed by atoms with van der Waals surface area (Å²) >= 11 is 0. The first kappa shape index (κ1) is 14.3. The first-order chi connectivity index (χ1) is 10.3. The van der Waals surface area contributed by atoms with Gasteiger partial charge in [0, 0.05) is 39.9 Å². The molecule has 0 unspecified atom stereocenters. The second kappa shape index (κ2) is 6.43. The van der Waals surface area contributed by atoms with Crippen molar-refractivity contribution in [2.45, 2.75) is 25.7 Å². The molecular formula is C14H24N6O. The van der Waals surface area contributed by atoms with Gasteiger partial charge in [-0.1, -0.05) is 0 Å². The molecule has 2 saturated heterocycles. The number of methoxy groups -OCH3 is 1. The fourth-order valence-electron chi connectivity index (χ4n) is 3.10. The van der Waals surface area contributed by atoms with E-state index in [2.05, 4.69) is 24.8 Å². The Hall–Kier alpha value is -1.63. The average Bonchev–Trinajstić information content (AvgIpc) is 3.02. The molecule has 3 heterocycles. The molecule has 0 saturated carbocycles. The highest BCUT2D eigenvalue weighted by Gasteiger charge is 2.23. The van der Waals surface area contributed by atoms with Crippen LogP contribution in [0, 0.1) is 5.92 Å². The molecule has 7 nitrogen and oxygen atoms in total. The Morgan fingerprint density at radius 3 is 2.14 bits per heavy atom. The van der Waals surface area contributed by atoms with Gasteiger partial charge in [-0.3, -0.25) is 0 Å². The number of piperidine rings is 1. The third-order valence-corrected chi connectivity index (χ3v) is 4.32. The van der Waals surface area contributed by atoms with Crippen molar-refractivity contribution >= 4 is 17.8 Å². The molecule has 1 aromatic rings. The number of ether oxygens (including phenoxy) is 1. The third kappa shape index (κ3) is 3.34. The maximum Gasteiger partial charge on any atom is 0.231 e. The molecule has 2 aliphatic heterocycles. The van der Waals surface area contributed by atoms with Gasteiger partial charge in [-0.15, -0.1) is 0 Å². The van der Waals surface area contributed by atoms with E-state index < -0.39 is 0 Å². The van der Waals surface area contributed by atoms with Crippen molar-refractivity contribution in [1.82, 2.24) is 15.0 Å². The molecule has 116 valence electrons. The van der Waals surface area contributed by atoms with Gasteiger partial charge < -0.3 is 20.3 Å². The molecule has 0 bridgehead atoms. The van der Waals surface area contributed by atoms with Crippen LogP contribution in [0.4, 0.5) is 17.8 Å². The smallest absolute Gasteiger partial charge is 0.231 e. The number of aromatic nitrogens is 3. The monoisotopic (exact) mass is 292 g/mol. The van der Waals surface area contributed by atoms with Crippen molar-refractivity contribution < 1.29 is 4.74 Å². The van der Waals surface area contributed by atoms with E-state index in [0.29, 0.717) is 11.9 Å². The summed E-state index contributed by atoms with van der Waals surface area (Å²) in [6, 6.07) is 0. The number of nitrogens with zero attached hydrogens (tertiary/aromatic N) is 5. The molecule has 3 rings (SSSR count). The molecule has 0 aliphatic carbocycles. The van der Waals surface area contributed by atoms with Crippen LogP contribution >= 0.6 is 0 Å². The molecule has 0 atom stereocenters. The van der Waals surface area contributed by atoms with Gasteiger partial charge >= 0.3 is 0 Å². The summed E-state index contributed by atoms with van der Waals surface area (Å²) in [4.78, 5) is 17.6. The van der Waals surface area contributed by atoms with Crippen LogP contribution in [-0.2, 0) is 4.74 Å². The topological polar surface area (TPSA) is 80.4 Å². The van der Waals surface area contributed by atoms with Gasteiger partial charge in [-0.05, 0) is 31.6 Å². The van der Waals surface area contributed by atoms with Crippen LogP contribution < -0.4 is 15.5 Å². The summed E-state index contributed by atoms with van der Waals surface area (Å²) < 4.78 is 5.24. The largest absolute Gasteiger partial charge is 0.384 e. The van der Waals surface area contributed by atoms with Crippen molar-refractivity contribution in [3.05, 3.63) is 0 Å². The molecule has 2 N–H and O–H groups in total. The van der Waals surface area contributed by atoms with E-state index in [1.807, 2.05) is 0 Å². The molecular weight excluding hydrogens is 268 g/mol. The zero-order valence-corrected chi connectivity index (χ0v) is 12.7. The molecule has 0 amide bonds. The highest BCUT2D eigenvalue weighted by molar-refractivity contribution is 5.44. The van der Waals surface area contributed by atoms with E-state index in [1.165, 1.54) is 12.8 Å². The number of hydrogen-bond donors (Lipinski definition) is 1. The Balaban J connectivity index is 1.70. The Labute approximate surface area is 125 Å². The van der Waals surface area contributed by atoms with E-state index in [0.717, 1.165) is 57.5 Å². The number of nitrogens with two attached hydrogens (primary N) is 1. The Morgan fingerprint density at radius 1 is 1.00 bits per heavy atom. The van der Waals surface area contributed by atoms with Crippen LogP contribution in [0.2, 0.25) is 0 Å². The fourth-order valence-corrected chi connectivity index (χ4v) is 3.10. The molecule has 0 spiro atoms. The Bertz CT molecular complexity index is 469. The molecule has 2 aliphatic rings. The lowest BCUT2D eigenvalue weighted by Crippen LogP contribution is -2.36. The summed E-state index contributed by atoms with van der Waals surface area (Å²) in [6.07, 6.45) is 4.61. The van der Waals surface area contributed by atoms with Crippen LogP contribution in [0.25, 0.3) is 0 Å². The molecule has 0 radical (unpaired) electrons. The summed E-state index contributed by atoms with van der Waals surface area (Å²) in [7, 11) is 1.77. The van der Waals surface area contributed by atoms with E-state index in [9.17, 15) is 0 Å². The fraction of sp³-hybridized carbons (Fsp3) is 0.786. The number of rotatable bonds is 4. The second-order valence-corrected chi connectivity index (χ2v) is 5.87. The van der Waals surface area contributed by atoms with Gasteiger partial charge in [-0.2, -0.15) is 15.0 Å². The molecule has 2 fully saturated rings. The van der Waals surface area contributed by atoms with Crippen molar-refractivity contribution in [2.24, 2.45) is 5.92 Å². The minimum atomic E-state index is 0.320. The van der Waals surface area contributed by atoms with Crippen molar-refractivity contribution in [3.63, 3.8) is 0 Å². The molecule has 1 aromatic heterocycles. The summed E-state index contributed by atoms with van der Waals surface area (Å²) in [5.74, 6) is 2.42. The number of nitrogen functional groups attached to an aromatic ring is 1. The van der Waals surface area contributed by atoms with Gasteiger partial charge in [0.15, 0.2) is 0 Å². The van der Waals surface area contributed by atoms with Crippen LogP contribution in [0.5, 0.6) is 0 Å². The second-order valence-electron chi connectivity index (χ2n) is 5.87. The number of hydrogen-bond acceptors (Lipinski definition) is 7. The maximum absolute atomic E-state index is 5.87. The zero-order chi connectivity index (χ0) is 14.7. The van der Waals surface area contributed by atoms with Gasteiger partial charge in [0.05, 0.1) is 0 Å². The van der Waals surface area contributed by atoms with Gasteiger partial charge in [0.2, 0.25) is 17.8 Å². The standard InChI is InChI=1S/C14H24N6O/c1-21-10-11-4-8-20(9-5-11)14-17-12(15)16-13(18-14)19-6-2-3-7-19/h11H,2-10H2,1H3,(H2,15,16,17,18). The predicted octanol–water partition coefficient (Wildman–Crippen LogP) is 0.917. The predicted molar refractivity (Wildman–Crippen MR) is 82.5 cm³/mol. The van der Waals surface area contributed by atoms with Crippen LogP contribution in [0.3, 0.4) is 0 Å². The van der Waals surface area contributed by atoms with Crippen molar-refractivity contribution in [3.8, 4) is 0 Å². The Kier molecular flexibility index (Phi) is 4.38. The first-order valence-corrected chi connectivity index (χ1v) is 7.76. The molecule has 7 heteroatoms. The quantitative estimate of drug-likeness (QED) is 0.883. The van der Waals surface area contributed by atoms with E-state index in [4.69, 9.17) is 10.5 Å². The van der Waals surface area contributed by atoms with E-state index in [1.54, 1.807) is 7.11 Å². The Morgan fingerprint density at radius 2 is 1.57 bits per heavy atom. The zero-order valence-electron chi connectivity index (χ0n) is 12.7. The highest BCUT2D eigenvalue weighted by Crippen LogP contribution is 2.23. The lowest BCUT2D eigenvalue weighted by atomic mass is 9.98. The van der Waals surface area contributed by atoms with Gasteiger partial charge in [0.1, 0.15) is 0 Å². The van der Waals surface area contributed by atoms with Crippen molar-refractivity contribution in [1.29, 1.82) is 0 Å². The maximum atomic E-state index is 5.87. The summed E-state index contributed by atoms with van der Waals surface area (Å²) in [5, 5.41) is 0. The van der Waals surface area contributed by atoms with Crippen LogP contribution in [0.15, 0.2) is 0 Å². The van der Waals surface area contributed by atoms with Crippen molar-refractivity contribution in [2.75, 3.05) is 55.4 Å². The minimum Gasteiger partial charge on any atom is -0.384 e. The van der Waals surface area contributed by atoms with Gasteiger partial charge in [0.25, 0.3) is 0 Å². The average molecular weight is 292 g/mol.